The molecule has 1 aromatic rings. The molecule has 3 heterocycles. The molecule has 0 saturated carbocycles. The molecule has 2 fully saturated rings. The van der Waals surface area contributed by atoms with E-state index in [0.717, 1.165) is 23.9 Å². The maximum Gasteiger partial charge on any atom is 0.263 e. The number of aryl methyl sites for hydroxylation is 2. The Morgan fingerprint density at radius 3 is 2.61 bits per heavy atom. The summed E-state index contributed by atoms with van der Waals surface area (Å²) < 4.78 is 0. The van der Waals surface area contributed by atoms with Crippen LogP contribution in [0.15, 0.2) is 6.07 Å². The van der Waals surface area contributed by atoms with E-state index in [1.807, 2.05) is 0 Å². The van der Waals surface area contributed by atoms with Gasteiger partial charge in [0, 0.05) is 24.0 Å². The summed E-state index contributed by atoms with van der Waals surface area (Å²) in [7, 11) is 0. The van der Waals surface area contributed by atoms with Gasteiger partial charge >= 0.3 is 0 Å². The monoisotopic (exact) mass is 354 g/mol. The molecular weight excluding hydrogens is 328 g/mol. The number of thiophene rings is 1. The van der Waals surface area contributed by atoms with Crippen LogP contribution in [0.4, 0.5) is 0 Å². The summed E-state index contributed by atoms with van der Waals surface area (Å²) in [6, 6.07) is 2.90. The van der Waals surface area contributed by atoms with E-state index in [9.17, 15) is 4.79 Å². The van der Waals surface area contributed by atoms with Gasteiger partial charge in [-0.15, -0.1) is 23.7 Å². The molecule has 5 heteroatoms. The Morgan fingerprint density at radius 2 is 1.91 bits per heavy atom. The third kappa shape index (κ3) is 3.59. The third-order valence-electron chi connectivity index (χ3n) is 5.70. The van der Waals surface area contributed by atoms with Crippen molar-refractivity contribution in [3.8, 4) is 0 Å². The molecule has 0 bridgehead atoms. The number of amides is 1. The van der Waals surface area contributed by atoms with Gasteiger partial charge in [0.25, 0.3) is 5.91 Å². The Morgan fingerprint density at radius 1 is 1.13 bits per heavy atom. The molecule has 1 atom stereocenters. The highest BCUT2D eigenvalue weighted by atomic mass is 35.5. The molecule has 1 amide bonds. The van der Waals surface area contributed by atoms with Gasteiger partial charge in [0.2, 0.25) is 0 Å². The number of likely N-dealkylation sites (tertiary alicyclic amines) is 1. The average Bonchev–Trinajstić information content (AvgIpc) is 3.23. The molecule has 128 valence electrons. The molecule has 1 aromatic heterocycles. The number of carbonyl (C=O) groups excluding carboxylic acids is 1. The molecule has 4 rings (SSSR count). The number of hydrogen-bond donors (Lipinski definition) is 1. The van der Waals surface area contributed by atoms with Crippen LogP contribution in [0, 0.1) is 5.92 Å². The van der Waals surface area contributed by atoms with E-state index in [1.165, 1.54) is 68.4 Å². The van der Waals surface area contributed by atoms with Crippen molar-refractivity contribution in [2.75, 3.05) is 19.6 Å². The van der Waals surface area contributed by atoms with Crippen molar-refractivity contribution in [3.63, 3.8) is 0 Å². The Hall–Kier alpha value is -0.580. The lowest BCUT2D eigenvalue weighted by Crippen LogP contribution is -2.43. The van der Waals surface area contributed by atoms with Crippen molar-refractivity contribution in [3.05, 3.63) is 21.4 Å². The van der Waals surface area contributed by atoms with Gasteiger partial charge in [0.15, 0.2) is 0 Å². The fraction of sp³-hybridized carbons (Fsp3) is 0.722. The number of fused-ring (bicyclic) bond motifs is 1. The van der Waals surface area contributed by atoms with Crippen molar-refractivity contribution < 1.29 is 4.79 Å². The number of halogens is 1. The SMILES string of the molecule is Cl.O=C(c1cc2c(s1)CCCC2)N1CCC(C2CCCN2)CC1. The van der Waals surface area contributed by atoms with E-state index in [1.54, 1.807) is 11.3 Å². The largest absolute Gasteiger partial charge is 0.338 e. The number of carbonyl (C=O) groups is 1. The summed E-state index contributed by atoms with van der Waals surface area (Å²) >= 11 is 1.76. The highest BCUT2D eigenvalue weighted by Crippen LogP contribution is 2.32. The first-order valence-electron chi connectivity index (χ1n) is 8.95. The van der Waals surface area contributed by atoms with Gasteiger partial charge < -0.3 is 10.2 Å². The zero-order valence-corrected chi connectivity index (χ0v) is 15.3. The second-order valence-corrected chi connectivity index (χ2v) is 8.24. The molecule has 1 N–H and O–H groups in total. The van der Waals surface area contributed by atoms with Crippen molar-refractivity contribution in [2.45, 2.75) is 57.4 Å². The minimum Gasteiger partial charge on any atom is -0.338 e. The Labute approximate surface area is 149 Å². The lowest BCUT2D eigenvalue weighted by atomic mass is 9.88. The maximum absolute atomic E-state index is 12.8. The molecule has 0 spiro atoms. The quantitative estimate of drug-likeness (QED) is 0.879. The fourth-order valence-corrected chi connectivity index (χ4v) is 5.59. The molecule has 2 aliphatic heterocycles. The standard InChI is InChI=1S/C18H26N2OS.ClH/c21-18(17-12-14-4-1-2-6-16(14)22-17)20-10-7-13(8-11-20)15-5-3-9-19-15;/h12-13,15,19H,1-11H2;1H. The minimum atomic E-state index is 0. The highest BCUT2D eigenvalue weighted by Gasteiger charge is 2.31. The second-order valence-electron chi connectivity index (χ2n) is 7.10. The molecule has 3 nitrogen and oxygen atoms in total. The fourth-order valence-electron chi connectivity index (χ4n) is 4.37. The van der Waals surface area contributed by atoms with Gasteiger partial charge in [-0.1, -0.05) is 0 Å². The molecule has 0 radical (unpaired) electrons. The van der Waals surface area contributed by atoms with E-state index in [0.29, 0.717) is 6.04 Å². The molecule has 2 saturated heterocycles. The smallest absolute Gasteiger partial charge is 0.263 e. The van der Waals surface area contributed by atoms with Crippen molar-refractivity contribution in [1.82, 2.24) is 10.2 Å². The summed E-state index contributed by atoms with van der Waals surface area (Å²) in [4.78, 5) is 17.3. The van der Waals surface area contributed by atoms with E-state index in [4.69, 9.17) is 0 Å². The predicted molar refractivity (Wildman–Crippen MR) is 97.9 cm³/mol. The van der Waals surface area contributed by atoms with Crippen LogP contribution >= 0.6 is 23.7 Å². The Balaban J connectivity index is 0.00000156. The Bertz CT molecular complexity index is 522. The van der Waals surface area contributed by atoms with E-state index in [-0.39, 0.29) is 18.3 Å². The summed E-state index contributed by atoms with van der Waals surface area (Å²) in [5, 5.41) is 3.63. The normalized spacial score (nSPS) is 25.0. The average molecular weight is 355 g/mol. The van der Waals surface area contributed by atoms with Crippen LogP contribution in [-0.4, -0.2) is 36.5 Å². The van der Waals surface area contributed by atoms with Crippen LogP contribution in [0.3, 0.4) is 0 Å². The number of nitrogens with zero attached hydrogens (tertiary/aromatic N) is 1. The summed E-state index contributed by atoms with van der Waals surface area (Å²) in [5.41, 5.74) is 1.45. The number of piperidine rings is 1. The van der Waals surface area contributed by atoms with E-state index in [2.05, 4.69) is 16.3 Å². The van der Waals surface area contributed by atoms with E-state index >= 15 is 0 Å². The number of rotatable bonds is 2. The van der Waals surface area contributed by atoms with Crippen LogP contribution in [0.5, 0.6) is 0 Å². The zero-order chi connectivity index (χ0) is 14.9. The van der Waals surface area contributed by atoms with Crippen LogP contribution in [0.2, 0.25) is 0 Å². The minimum absolute atomic E-state index is 0. The molecule has 3 aliphatic rings. The maximum atomic E-state index is 12.8. The molecule has 1 aliphatic carbocycles. The summed E-state index contributed by atoms with van der Waals surface area (Å²) in [5.74, 6) is 1.07. The summed E-state index contributed by atoms with van der Waals surface area (Å²) in [6.45, 7) is 3.08. The van der Waals surface area contributed by atoms with Crippen molar-refractivity contribution >= 4 is 29.7 Å². The highest BCUT2D eigenvalue weighted by molar-refractivity contribution is 7.14. The second kappa shape index (κ2) is 7.54. The third-order valence-corrected chi connectivity index (χ3v) is 6.93. The van der Waals surface area contributed by atoms with Gasteiger partial charge in [0.05, 0.1) is 4.88 Å². The number of hydrogen-bond acceptors (Lipinski definition) is 3. The van der Waals surface area contributed by atoms with Crippen molar-refractivity contribution in [1.29, 1.82) is 0 Å². The lowest BCUT2D eigenvalue weighted by molar-refractivity contribution is 0.0679. The summed E-state index contributed by atoms with van der Waals surface area (Å²) in [6.07, 6.45) is 9.94. The van der Waals surface area contributed by atoms with Crippen molar-refractivity contribution in [2.24, 2.45) is 5.92 Å². The van der Waals surface area contributed by atoms with Crippen LogP contribution < -0.4 is 5.32 Å². The van der Waals surface area contributed by atoms with Gasteiger partial charge in [-0.05, 0) is 75.5 Å². The van der Waals surface area contributed by atoms with Gasteiger partial charge in [0.1, 0.15) is 0 Å². The van der Waals surface area contributed by atoms with Gasteiger partial charge in [-0.25, -0.2) is 0 Å². The van der Waals surface area contributed by atoms with E-state index < -0.39 is 0 Å². The molecule has 1 unspecified atom stereocenters. The molecule has 23 heavy (non-hydrogen) atoms. The molecule has 0 aromatic carbocycles. The number of nitrogens with one attached hydrogen (secondary N) is 1. The Kier molecular flexibility index (Phi) is 5.65. The first-order chi connectivity index (χ1) is 10.8. The van der Waals surface area contributed by atoms with Crippen LogP contribution in [0.25, 0.3) is 0 Å². The molecular formula is C18H27ClN2OS. The van der Waals surface area contributed by atoms with Crippen LogP contribution in [0.1, 0.15) is 58.6 Å². The van der Waals surface area contributed by atoms with Gasteiger partial charge in [-0.2, -0.15) is 0 Å². The first kappa shape index (κ1) is 17.2. The lowest BCUT2D eigenvalue weighted by Gasteiger charge is -2.34. The first-order valence-corrected chi connectivity index (χ1v) is 9.77. The van der Waals surface area contributed by atoms with Gasteiger partial charge in [-0.3, -0.25) is 4.79 Å². The van der Waals surface area contributed by atoms with Crippen LogP contribution in [-0.2, 0) is 12.8 Å². The topological polar surface area (TPSA) is 32.3 Å². The zero-order valence-electron chi connectivity index (χ0n) is 13.7. The predicted octanol–water partition coefficient (Wildman–Crippen LogP) is 3.65.